The first-order chi connectivity index (χ1) is 5.37. The topological polar surface area (TPSA) is 35.5 Å². The molecule has 1 spiro atoms. The van der Waals surface area contributed by atoms with E-state index in [-0.39, 0.29) is 0 Å². The molecule has 0 radical (unpaired) electrons. The van der Waals surface area contributed by atoms with E-state index in [1.807, 2.05) is 0 Å². The lowest BCUT2D eigenvalue weighted by atomic mass is 10.1. The molecule has 3 heteroatoms. The minimum absolute atomic E-state index is 0.307. The van der Waals surface area contributed by atoms with Crippen molar-refractivity contribution in [2.75, 3.05) is 32.8 Å². The van der Waals surface area contributed by atoms with Gasteiger partial charge in [-0.25, -0.2) is 0 Å². The van der Waals surface area contributed by atoms with Gasteiger partial charge in [0.05, 0.1) is 6.61 Å². The molecular weight excluding hydrogens is 140 g/mol. The van der Waals surface area contributed by atoms with Gasteiger partial charge in [-0.15, -0.1) is 0 Å². The van der Waals surface area contributed by atoms with Crippen molar-refractivity contribution in [3.05, 3.63) is 0 Å². The summed E-state index contributed by atoms with van der Waals surface area (Å²) in [5.41, 5.74) is 0.459. The lowest BCUT2D eigenvalue weighted by molar-refractivity contribution is 0.112. The van der Waals surface area contributed by atoms with E-state index in [0.29, 0.717) is 12.1 Å². The first-order valence-electron chi connectivity index (χ1n) is 4.44. The number of nitrogens with one attached hydrogen (secondary N) is 1. The quantitative estimate of drug-likeness (QED) is 0.561. The summed E-state index contributed by atoms with van der Waals surface area (Å²) in [5, 5.41) is 12.2. The van der Waals surface area contributed by atoms with Gasteiger partial charge in [-0.3, -0.25) is 4.90 Å². The van der Waals surface area contributed by atoms with Crippen molar-refractivity contribution >= 4 is 0 Å². The highest BCUT2D eigenvalue weighted by Crippen LogP contribution is 2.41. The van der Waals surface area contributed by atoms with Crippen molar-refractivity contribution in [3.63, 3.8) is 0 Å². The van der Waals surface area contributed by atoms with Crippen LogP contribution in [0.2, 0.25) is 0 Å². The molecule has 2 rings (SSSR count). The van der Waals surface area contributed by atoms with E-state index in [9.17, 15) is 0 Å². The number of piperazine rings is 1. The van der Waals surface area contributed by atoms with Gasteiger partial charge >= 0.3 is 0 Å². The Morgan fingerprint density at radius 2 is 2.27 bits per heavy atom. The van der Waals surface area contributed by atoms with Gasteiger partial charge < -0.3 is 10.4 Å². The van der Waals surface area contributed by atoms with E-state index in [0.717, 1.165) is 26.2 Å². The van der Waals surface area contributed by atoms with E-state index in [2.05, 4.69) is 10.2 Å². The lowest BCUT2D eigenvalue weighted by Crippen LogP contribution is -2.53. The zero-order valence-corrected chi connectivity index (χ0v) is 6.84. The maximum absolute atomic E-state index is 8.82. The summed E-state index contributed by atoms with van der Waals surface area (Å²) >= 11 is 0. The van der Waals surface area contributed by atoms with Gasteiger partial charge in [-0.1, -0.05) is 0 Å². The van der Waals surface area contributed by atoms with Crippen molar-refractivity contribution in [2.45, 2.75) is 18.4 Å². The van der Waals surface area contributed by atoms with Crippen LogP contribution >= 0.6 is 0 Å². The molecule has 2 aliphatic rings. The molecule has 0 amide bonds. The molecule has 64 valence electrons. The Hall–Kier alpha value is -0.120. The molecular formula is C8H16N2O. The molecule has 1 aliphatic carbocycles. The van der Waals surface area contributed by atoms with E-state index >= 15 is 0 Å². The fourth-order valence-electron chi connectivity index (χ4n) is 1.99. The van der Waals surface area contributed by atoms with Gasteiger partial charge in [0.1, 0.15) is 0 Å². The first-order valence-corrected chi connectivity index (χ1v) is 4.44. The Labute approximate surface area is 67.4 Å². The monoisotopic (exact) mass is 156 g/mol. The van der Waals surface area contributed by atoms with Crippen LogP contribution in [0.25, 0.3) is 0 Å². The fraction of sp³-hybridized carbons (Fsp3) is 1.00. The third-order valence-electron chi connectivity index (χ3n) is 2.88. The molecule has 1 saturated heterocycles. The average Bonchev–Trinajstić information content (AvgIpc) is 2.77. The Balaban J connectivity index is 1.93. The van der Waals surface area contributed by atoms with E-state index in [1.165, 1.54) is 12.8 Å². The number of hydrogen-bond donors (Lipinski definition) is 2. The molecule has 1 saturated carbocycles. The molecule has 1 aliphatic heterocycles. The van der Waals surface area contributed by atoms with E-state index < -0.39 is 0 Å². The van der Waals surface area contributed by atoms with Gasteiger partial charge in [-0.2, -0.15) is 0 Å². The summed E-state index contributed by atoms with van der Waals surface area (Å²) in [6.07, 6.45) is 2.64. The van der Waals surface area contributed by atoms with Crippen molar-refractivity contribution in [3.8, 4) is 0 Å². The maximum Gasteiger partial charge on any atom is 0.0558 e. The Morgan fingerprint density at radius 3 is 2.91 bits per heavy atom. The van der Waals surface area contributed by atoms with Gasteiger partial charge in [0.15, 0.2) is 0 Å². The van der Waals surface area contributed by atoms with Crippen molar-refractivity contribution < 1.29 is 5.11 Å². The van der Waals surface area contributed by atoms with Crippen LogP contribution in [0.1, 0.15) is 12.8 Å². The Kier molecular flexibility index (Phi) is 1.87. The van der Waals surface area contributed by atoms with Crippen LogP contribution in [0.5, 0.6) is 0 Å². The van der Waals surface area contributed by atoms with Crippen LogP contribution in [0.15, 0.2) is 0 Å². The number of hydrogen-bond acceptors (Lipinski definition) is 3. The SMILES string of the molecule is OCCN1CCNCC12CC2. The summed E-state index contributed by atoms with van der Waals surface area (Å²) in [7, 11) is 0. The average molecular weight is 156 g/mol. The zero-order chi connectivity index (χ0) is 7.73. The van der Waals surface area contributed by atoms with Crippen molar-refractivity contribution in [1.29, 1.82) is 0 Å². The second-order valence-electron chi connectivity index (χ2n) is 3.61. The van der Waals surface area contributed by atoms with Crippen molar-refractivity contribution in [1.82, 2.24) is 10.2 Å². The third-order valence-corrected chi connectivity index (χ3v) is 2.88. The second-order valence-corrected chi connectivity index (χ2v) is 3.61. The molecule has 0 aromatic heterocycles. The second kappa shape index (κ2) is 2.73. The minimum Gasteiger partial charge on any atom is -0.395 e. The normalized spacial score (nSPS) is 29.2. The lowest BCUT2D eigenvalue weighted by Gasteiger charge is -2.36. The van der Waals surface area contributed by atoms with Crippen LogP contribution in [0.4, 0.5) is 0 Å². The standard InChI is InChI=1S/C8H16N2O/c11-6-5-10-4-3-9-7-8(10)1-2-8/h9,11H,1-7H2. The molecule has 0 aromatic carbocycles. The molecule has 0 unspecified atom stereocenters. The highest BCUT2D eigenvalue weighted by Gasteiger charge is 2.48. The highest BCUT2D eigenvalue weighted by molar-refractivity contribution is 5.07. The highest BCUT2D eigenvalue weighted by atomic mass is 16.3. The fourth-order valence-corrected chi connectivity index (χ4v) is 1.99. The van der Waals surface area contributed by atoms with Gasteiger partial charge in [-0.05, 0) is 12.8 Å². The molecule has 2 fully saturated rings. The van der Waals surface area contributed by atoms with Gasteiger partial charge in [0, 0.05) is 31.7 Å². The number of nitrogens with zero attached hydrogens (tertiary/aromatic N) is 1. The Morgan fingerprint density at radius 1 is 1.45 bits per heavy atom. The summed E-state index contributed by atoms with van der Waals surface area (Å²) in [6.45, 7) is 4.50. The van der Waals surface area contributed by atoms with Crippen LogP contribution in [0, 0.1) is 0 Å². The van der Waals surface area contributed by atoms with Crippen molar-refractivity contribution in [2.24, 2.45) is 0 Å². The number of β-amino-alcohol motifs (C(OH)–C–C–N with tert-alkyl or cyclic N) is 1. The minimum atomic E-state index is 0.307. The maximum atomic E-state index is 8.82. The molecule has 2 N–H and O–H groups in total. The molecule has 11 heavy (non-hydrogen) atoms. The molecule has 1 heterocycles. The van der Waals surface area contributed by atoms with Crippen LogP contribution in [0.3, 0.4) is 0 Å². The molecule has 0 bridgehead atoms. The molecule has 3 nitrogen and oxygen atoms in total. The Bertz CT molecular complexity index is 143. The summed E-state index contributed by atoms with van der Waals surface area (Å²) < 4.78 is 0. The summed E-state index contributed by atoms with van der Waals surface area (Å²) in [6, 6.07) is 0. The van der Waals surface area contributed by atoms with Crippen LogP contribution in [-0.2, 0) is 0 Å². The van der Waals surface area contributed by atoms with Crippen LogP contribution < -0.4 is 5.32 Å². The van der Waals surface area contributed by atoms with Gasteiger partial charge in [0.2, 0.25) is 0 Å². The largest absolute Gasteiger partial charge is 0.395 e. The number of aliphatic hydroxyl groups is 1. The third kappa shape index (κ3) is 1.28. The zero-order valence-electron chi connectivity index (χ0n) is 6.84. The van der Waals surface area contributed by atoms with Crippen LogP contribution in [-0.4, -0.2) is 48.3 Å². The first kappa shape index (κ1) is 7.53. The summed E-state index contributed by atoms with van der Waals surface area (Å²) in [5.74, 6) is 0. The van der Waals surface area contributed by atoms with E-state index in [4.69, 9.17) is 5.11 Å². The van der Waals surface area contributed by atoms with Gasteiger partial charge in [0.25, 0.3) is 0 Å². The van der Waals surface area contributed by atoms with E-state index in [1.54, 1.807) is 0 Å². The molecule has 0 atom stereocenters. The summed E-state index contributed by atoms with van der Waals surface area (Å²) in [4.78, 5) is 2.43. The smallest absolute Gasteiger partial charge is 0.0558 e. The predicted molar refractivity (Wildman–Crippen MR) is 43.5 cm³/mol. The predicted octanol–water partition coefficient (Wildman–Crippen LogP) is -0.583. The number of aliphatic hydroxyl groups excluding tert-OH is 1. The molecule has 0 aromatic rings. The number of rotatable bonds is 2.